The molecule has 2 atom stereocenters. The smallest absolute Gasteiger partial charge is 0.115 e. The molecule has 0 spiro atoms. The summed E-state index contributed by atoms with van der Waals surface area (Å²) in [5, 5.41) is 0. The molecule has 8 heavy (non-hydrogen) atoms. The van der Waals surface area contributed by atoms with Gasteiger partial charge in [0.15, 0.2) is 0 Å². The van der Waals surface area contributed by atoms with E-state index in [0.717, 1.165) is 0 Å². The summed E-state index contributed by atoms with van der Waals surface area (Å²) >= 11 is 2.26. The molecule has 1 fully saturated rings. The van der Waals surface area contributed by atoms with E-state index < -0.39 is 6.17 Å². The van der Waals surface area contributed by atoms with Gasteiger partial charge in [0.05, 0.1) is 4.05 Å². The van der Waals surface area contributed by atoms with Gasteiger partial charge in [-0.15, -0.1) is 0 Å². The van der Waals surface area contributed by atoms with Crippen LogP contribution in [0.25, 0.3) is 0 Å². The Morgan fingerprint density at radius 2 is 2.38 bits per heavy atom. The monoisotopic (exact) mass is 229 g/mol. The molecule has 1 nitrogen and oxygen atoms in total. The van der Waals surface area contributed by atoms with Gasteiger partial charge >= 0.3 is 0 Å². The Labute approximate surface area is 62.4 Å². The molecule has 0 N–H and O–H groups in total. The lowest BCUT2D eigenvalue weighted by molar-refractivity contribution is 0.319. The quantitative estimate of drug-likeness (QED) is 0.345. The molecule has 1 unspecified atom stereocenters. The third kappa shape index (κ3) is 1.31. The van der Waals surface area contributed by atoms with Crippen molar-refractivity contribution in [2.75, 3.05) is 13.6 Å². The van der Waals surface area contributed by atoms with Crippen LogP contribution in [0.2, 0.25) is 0 Å². The number of likely N-dealkylation sites (tertiary alicyclic amines) is 1. The highest BCUT2D eigenvalue weighted by Gasteiger charge is 2.26. The maximum atomic E-state index is 12.4. The molecule has 1 aliphatic rings. The molecule has 1 rings (SSSR count). The van der Waals surface area contributed by atoms with Crippen LogP contribution in [0.5, 0.6) is 0 Å². The van der Waals surface area contributed by atoms with Gasteiger partial charge in [-0.2, -0.15) is 0 Å². The van der Waals surface area contributed by atoms with Crippen LogP contribution in [-0.2, 0) is 0 Å². The van der Waals surface area contributed by atoms with Crippen molar-refractivity contribution >= 4 is 22.6 Å². The van der Waals surface area contributed by atoms with Crippen molar-refractivity contribution in [3.05, 3.63) is 0 Å². The molecule has 0 aromatic carbocycles. The van der Waals surface area contributed by atoms with E-state index >= 15 is 0 Å². The van der Waals surface area contributed by atoms with Gasteiger partial charge in [0, 0.05) is 13.0 Å². The molecule has 0 aliphatic carbocycles. The summed E-state index contributed by atoms with van der Waals surface area (Å²) in [7, 11) is 1.96. The van der Waals surface area contributed by atoms with Gasteiger partial charge in [0.25, 0.3) is 0 Å². The number of rotatable bonds is 0. The molecule has 48 valence electrons. The highest BCUT2D eigenvalue weighted by atomic mass is 127. The zero-order valence-corrected chi connectivity index (χ0v) is 6.93. The first-order chi connectivity index (χ1) is 3.70. The summed E-state index contributed by atoms with van der Waals surface area (Å²) in [5.41, 5.74) is 0. The van der Waals surface area contributed by atoms with Crippen molar-refractivity contribution in [2.45, 2.75) is 16.6 Å². The molecule has 0 radical (unpaired) electrons. The molecular formula is C5H9FIN. The predicted octanol–water partition coefficient (Wildman–Crippen LogP) is 1.42. The summed E-state index contributed by atoms with van der Waals surface area (Å²) in [6.45, 7) is 0.619. The maximum absolute atomic E-state index is 12.4. The molecule has 0 saturated carbocycles. The Bertz CT molecular complexity index is 78.5. The van der Waals surface area contributed by atoms with Crippen LogP contribution < -0.4 is 0 Å². The number of halogens is 2. The van der Waals surface area contributed by atoms with E-state index in [4.69, 9.17) is 0 Å². The van der Waals surface area contributed by atoms with Crippen molar-refractivity contribution < 1.29 is 4.39 Å². The van der Waals surface area contributed by atoms with Crippen LogP contribution in [0.3, 0.4) is 0 Å². The molecule has 1 saturated heterocycles. The summed E-state index contributed by atoms with van der Waals surface area (Å²) in [4.78, 5) is 2.03. The molecule has 0 bridgehead atoms. The lowest BCUT2D eigenvalue weighted by Gasteiger charge is -2.09. The summed E-state index contributed by atoms with van der Waals surface area (Å²) < 4.78 is 12.8. The van der Waals surface area contributed by atoms with E-state index in [1.54, 1.807) is 0 Å². The molecule has 0 aromatic rings. The minimum atomic E-state index is -0.582. The standard InChI is InChI=1S/C5H9FIN/c1-8-3-4(6)2-5(8)7/h4-5H,2-3H2,1H3/t4-,5?/m1/s1. The zero-order chi connectivity index (χ0) is 6.15. The van der Waals surface area contributed by atoms with E-state index in [-0.39, 0.29) is 0 Å². The van der Waals surface area contributed by atoms with E-state index in [1.165, 1.54) is 0 Å². The van der Waals surface area contributed by atoms with Crippen LogP contribution in [0, 0.1) is 0 Å². The highest BCUT2D eigenvalue weighted by molar-refractivity contribution is 14.1. The van der Waals surface area contributed by atoms with Crippen molar-refractivity contribution in [2.24, 2.45) is 0 Å². The Balaban J connectivity index is 2.39. The number of nitrogens with zero attached hydrogens (tertiary/aromatic N) is 1. The number of hydrogen-bond acceptors (Lipinski definition) is 1. The second-order valence-corrected chi connectivity index (χ2v) is 3.64. The summed E-state index contributed by atoms with van der Waals surface area (Å²) in [6, 6.07) is 0. The summed E-state index contributed by atoms with van der Waals surface area (Å²) in [5.74, 6) is 0. The lowest BCUT2D eigenvalue weighted by atomic mass is 10.3. The third-order valence-corrected chi connectivity index (χ3v) is 2.87. The molecule has 1 aliphatic heterocycles. The van der Waals surface area contributed by atoms with E-state index in [9.17, 15) is 4.39 Å². The first kappa shape index (κ1) is 6.74. The number of hydrogen-bond donors (Lipinski definition) is 0. The van der Waals surface area contributed by atoms with Crippen LogP contribution in [0.15, 0.2) is 0 Å². The van der Waals surface area contributed by atoms with Crippen molar-refractivity contribution in [1.29, 1.82) is 0 Å². The topological polar surface area (TPSA) is 3.24 Å². The fourth-order valence-corrected chi connectivity index (χ4v) is 1.67. The van der Waals surface area contributed by atoms with Gasteiger partial charge in [-0.25, -0.2) is 4.39 Å². The zero-order valence-electron chi connectivity index (χ0n) is 4.77. The van der Waals surface area contributed by atoms with Gasteiger partial charge in [-0.05, 0) is 7.05 Å². The van der Waals surface area contributed by atoms with Crippen LogP contribution >= 0.6 is 22.6 Å². The fourth-order valence-electron chi connectivity index (χ4n) is 0.892. The molecule has 0 amide bonds. The average molecular weight is 229 g/mol. The average Bonchev–Trinajstić information content (AvgIpc) is 1.85. The first-order valence-electron chi connectivity index (χ1n) is 2.68. The third-order valence-electron chi connectivity index (χ3n) is 1.41. The number of alkyl halides is 2. The minimum absolute atomic E-state index is 0.419. The Morgan fingerprint density at radius 3 is 2.50 bits per heavy atom. The molecular weight excluding hydrogens is 220 g/mol. The van der Waals surface area contributed by atoms with Crippen LogP contribution in [0.4, 0.5) is 4.39 Å². The van der Waals surface area contributed by atoms with E-state index in [1.807, 2.05) is 11.9 Å². The van der Waals surface area contributed by atoms with E-state index in [2.05, 4.69) is 22.6 Å². The van der Waals surface area contributed by atoms with Gasteiger partial charge < -0.3 is 0 Å². The summed E-state index contributed by atoms with van der Waals surface area (Å²) in [6.07, 6.45) is 0.124. The largest absolute Gasteiger partial charge is 0.292 e. The Kier molecular flexibility index (Phi) is 2.08. The maximum Gasteiger partial charge on any atom is 0.115 e. The SMILES string of the molecule is CN1C[C@H](F)CC1I. The molecule has 0 aromatic heterocycles. The van der Waals surface area contributed by atoms with Crippen molar-refractivity contribution in [3.8, 4) is 0 Å². The van der Waals surface area contributed by atoms with E-state index in [0.29, 0.717) is 17.0 Å². The van der Waals surface area contributed by atoms with Crippen molar-refractivity contribution in [1.82, 2.24) is 4.90 Å². The second-order valence-electron chi connectivity index (χ2n) is 2.21. The molecule has 1 heterocycles. The molecule has 3 heteroatoms. The van der Waals surface area contributed by atoms with Gasteiger partial charge in [0.1, 0.15) is 6.17 Å². The first-order valence-corrected chi connectivity index (χ1v) is 3.93. The van der Waals surface area contributed by atoms with Crippen LogP contribution in [0.1, 0.15) is 6.42 Å². The van der Waals surface area contributed by atoms with Gasteiger partial charge in [0.2, 0.25) is 0 Å². The van der Waals surface area contributed by atoms with Crippen molar-refractivity contribution in [3.63, 3.8) is 0 Å². The fraction of sp³-hybridized carbons (Fsp3) is 1.00. The normalized spacial score (nSPS) is 40.9. The van der Waals surface area contributed by atoms with Gasteiger partial charge in [-0.1, -0.05) is 22.6 Å². The lowest BCUT2D eigenvalue weighted by Crippen LogP contribution is -2.19. The predicted molar refractivity (Wildman–Crippen MR) is 40.0 cm³/mol. The Hall–Kier alpha value is 0.620. The van der Waals surface area contributed by atoms with Gasteiger partial charge in [-0.3, -0.25) is 4.90 Å². The second kappa shape index (κ2) is 2.47. The highest BCUT2D eigenvalue weighted by Crippen LogP contribution is 2.22. The Morgan fingerprint density at radius 1 is 1.75 bits per heavy atom. The minimum Gasteiger partial charge on any atom is -0.292 e. The van der Waals surface area contributed by atoms with Crippen LogP contribution in [-0.4, -0.2) is 28.7 Å².